The number of carboxylic acids is 1. The molecule has 35 heavy (non-hydrogen) atoms. The van der Waals surface area contributed by atoms with Crippen LogP contribution in [0.3, 0.4) is 0 Å². The average molecular weight is 492 g/mol. The lowest BCUT2D eigenvalue weighted by molar-refractivity contribution is -0.196. The van der Waals surface area contributed by atoms with Gasteiger partial charge in [-0.15, -0.1) is 0 Å². The zero-order valence-corrected chi connectivity index (χ0v) is 19.7. The number of ether oxygens (including phenoxy) is 5. The third-order valence-electron chi connectivity index (χ3n) is 5.25. The van der Waals surface area contributed by atoms with Crippen molar-refractivity contribution >= 4 is 29.8 Å². The number of fused-ring (bicyclic) bond motifs is 2. The van der Waals surface area contributed by atoms with E-state index in [1.165, 1.54) is 32.9 Å². The maximum atomic E-state index is 13.2. The molecule has 0 aromatic heterocycles. The third-order valence-corrected chi connectivity index (χ3v) is 5.25. The molecular weight excluding hydrogens is 464 g/mol. The number of rotatable bonds is 12. The second kappa shape index (κ2) is 11.1. The normalized spacial score (nSPS) is 24.7. The van der Waals surface area contributed by atoms with E-state index in [0.717, 1.165) is 0 Å². The molecule has 2 rings (SSSR count). The molecule has 11 heteroatoms. The van der Waals surface area contributed by atoms with E-state index in [2.05, 4.69) is 19.7 Å². The number of hydrogen-bond donors (Lipinski definition) is 1. The highest BCUT2D eigenvalue weighted by Gasteiger charge is 2.63. The van der Waals surface area contributed by atoms with Gasteiger partial charge in [-0.2, -0.15) is 0 Å². The lowest BCUT2D eigenvalue weighted by Crippen LogP contribution is -2.48. The Labute approximate surface area is 202 Å². The van der Waals surface area contributed by atoms with Crippen LogP contribution in [0.15, 0.2) is 48.6 Å². The fourth-order valence-corrected chi connectivity index (χ4v) is 3.49. The van der Waals surface area contributed by atoms with Crippen molar-refractivity contribution in [1.29, 1.82) is 0 Å². The van der Waals surface area contributed by atoms with Crippen LogP contribution in [0.4, 0.5) is 0 Å². The fraction of sp³-hybridized carbons (Fsp3) is 0.458. The van der Waals surface area contributed by atoms with E-state index >= 15 is 0 Å². The van der Waals surface area contributed by atoms with E-state index in [1.807, 2.05) is 0 Å². The summed E-state index contributed by atoms with van der Waals surface area (Å²) >= 11 is 0. The summed E-state index contributed by atoms with van der Waals surface area (Å²) in [6.45, 7) is 13.9. The number of carbonyl (C=O) groups excluding carboxylic acids is 4. The fourth-order valence-electron chi connectivity index (χ4n) is 3.49. The summed E-state index contributed by atoms with van der Waals surface area (Å²) in [4.78, 5) is 60.7. The Morgan fingerprint density at radius 3 is 2.06 bits per heavy atom. The first-order valence-electron chi connectivity index (χ1n) is 10.6. The number of aliphatic carboxylic acids is 1. The minimum Gasteiger partial charge on any atom is -0.481 e. The molecule has 0 spiro atoms. The summed E-state index contributed by atoms with van der Waals surface area (Å²) in [5, 5.41) is 9.74. The van der Waals surface area contributed by atoms with Crippen LogP contribution in [-0.4, -0.2) is 66.2 Å². The molecule has 5 atom stereocenters. The first-order valence-corrected chi connectivity index (χ1v) is 10.6. The van der Waals surface area contributed by atoms with Gasteiger partial charge in [0, 0.05) is 16.7 Å². The van der Waals surface area contributed by atoms with E-state index in [-0.39, 0.29) is 29.7 Å². The van der Waals surface area contributed by atoms with Crippen LogP contribution < -0.4 is 0 Å². The van der Waals surface area contributed by atoms with Gasteiger partial charge in [0.25, 0.3) is 6.29 Å². The van der Waals surface area contributed by atoms with Gasteiger partial charge in [0.15, 0.2) is 0 Å². The van der Waals surface area contributed by atoms with E-state index in [1.54, 1.807) is 0 Å². The average Bonchev–Trinajstić information content (AvgIpc) is 3.33. The third kappa shape index (κ3) is 6.44. The lowest BCUT2D eigenvalue weighted by Gasteiger charge is -2.31. The van der Waals surface area contributed by atoms with Crippen LogP contribution in [0.5, 0.6) is 0 Å². The van der Waals surface area contributed by atoms with Crippen molar-refractivity contribution in [1.82, 2.24) is 0 Å². The van der Waals surface area contributed by atoms with Crippen molar-refractivity contribution in [3.05, 3.63) is 48.6 Å². The Bertz CT molecular complexity index is 991. The van der Waals surface area contributed by atoms with Crippen molar-refractivity contribution in [3.63, 3.8) is 0 Å². The van der Waals surface area contributed by atoms with Gasteiger partial charge >= 0.3 is 29.8 Å². The molecule has 0 radical (unpaired) electrons. The van der Waals surface area contributed by atoms with Crippen molar-refractivity contribution in [3.8, 4) is 0 Å². The topological polar surface area (TPSA) is 152 Å². The van der Waals surface area contributed by atoms with Crippen molar-refractivity contribution in [2.75, 3.05) is 13.2 Å². The second-order valence-electron chi connectivity index (χ2n) is 8.35. The molecule has 2 aliphatic rings. The quantitative estimate of drug-likeness (QED) is 0.139. The maximum absolute atomic E-state index is 13.2. The SMILES string of the molecule is C=C(C)C(=O)OCCC(OC(=O)C(=C)C)OC(=O)C1C(C(=O)O)C2C=CC1(COC(=O)C(=C)C)O2. The molecule has 1 fully saturated rings. The minimum atomic E-state index is -1.61. The molecule has 0 aromatic rings. The summed E-state index contributed by atoms with van der Waals surface area (Å²) in [6.07, 6.45) is 0.163. The maximum Gasteiger partial charge on any atom is 0.336 e. The Balaban J connectivity index is 2.24. The molecule has 0 saturated carbocycles. The highest BCUT2D eigenvalue weighted by atomic mass is 16.7. The highest BCUT2D eigenvalue weighted by molar-refractivity contribution is 5.89. The predicted molar refractivity (Wildman–Crippen MR) is 118 cm³/mol. The van der Waals surface area contributed by atoms with Crippen LogP contribution in [0.2, 0.25) is 0 Å². The molecule has 2 aliphatic heterocycles. The monoisotopic (exact) mass is 492 g/mol. The molecule has 0 amide bonds. The van der Waals surface area contributed by atoms with Crippen LogP contribution in [0, 0.1) is 11.8 Å². The summed E-state index contributed by atoms with van der Waals surface area (Å²) < 4.78 is 26.3. The van der Waals surface area contributed by atoms with Crippen LogP contribution >= 0.6 is 0 Å². The van der Waals surface area contributed by atoms with Crippen LogP contribution in [0.1, 0.15) is 27.2 Å². The van der Waals surface area contributed by atoms with Gasteiger partial charge in [-0.1, -0.05) is 25.8 Å². The zero-order valence-electron chi connectivity index (χ0n) is 19.7. The molecule has 11 nitrogen and oxygen atoms in total. The van der Waals surface area contributed by atoms with Gasteiger partial charge in [-0.05, 0) is 26.8 Å². The van der Waals surface area contributed by atoms with Crippen molar-refractivity contribution < 1.29 is 52.8 Å². The Morgan fingerprint density at radius 1 is 0.943 bits per heavy atom. The lowest BCUT2D eigenvalue weighted by atomic mass is 9.75. The van der Waals surface area contributed by atoms with Gasteiger partial charge < -0.3 is 28.8 Å². The van der Waals surface area contributed by atoms with Crippen LogP contribution in [-0.2, 0) is 47.7 Å². The summed E-state index contributed by atoms with van der Waals surface area (Å²) in [7, 11) is 0. The summed E-state index contributed by atoms with van der Waals surface area (Å²) in [5.41, 5.74) is -1.35. The van der Waals surface area contributed by atoms with Gasteiger partial charge in [-0.3, -0.25) is 9.59 Å². The number of carboxylic acid groups (broad SMARTS) is 1. The van der Waals surface area contributed by atoms with Gasteiger partial charge in [0.2, 0.25) is 0 Å². The molecule has 2 heterocycles. The molecule has 2 bridgehead atoms. The first kappa shape index (κ1) is 27.5. The van der Waals surface area contributed by atoms with E-state index < -0.39 is 66.3 Å². The molecular formula is C24H28O11. The summed E-state index contributed by atoms with van der Waals surface area (Å²) in [5.74, 6) is -7.51. The minimum absolute atomic E-state index is 0.0164. The largest absolute Gasteiger partial charge is 0.481 e. The Hall–Kier alpha value is -3.73. The molecule has 0 aliphatic carbocycles. The van der Waals surface area contributed by atoms with E-state index in [0.29, 0.717) is 0 Å². The molecule has 190 valence electrons. The highest BCUT2D eigenvalue weighted by Crippen LogP contribution is 2.48. The second-order valence-corrected chi connectivity index (χ2v) is 8.35. The Morgan fingerprint density at radius 2 is 1.51 bits per heavy atom. The van der Waals surface area contributed by atoms with Crippen LogP contribution in [0.25, 0.3) is 0 Å². The smallest absolute Gasteiger partial charge is 0.336 e. The molecule has 5 unspecified atom stereocenters. The van der Waals surface area contributed by atoms with E-state index in [4.69, 9.17) is 23.7 Å². The molecule has 1 saturated heterocycles. The van der Waals surface area contributed by atoms with E-state index in [9.17, 15) is 29.1 Å². The standard InChI is InChI=1S/C24H28O11/c1-12(2)20(27)31-10-8-16(33-22(29)14(5)6)34-23(30)18-17(19(25)26)15-7-9-24(18,35-15)11-32-21(28)13(3)4/h7,9,15-18H,1,3,5,8,10-11H2,2,4,6H3,(H,25,26). The number of esters is 4. The Kier molecular flexibility index (Phi) is 8.75. The number of carbonyl (C=O) groups is 5. The first-order chi connectivity index (χ1) is 16.3. The number of hydrogen-bond acceptors (Lipinski definition) is 10. The van der Waals surface area contributed by atoms with Crippen molar-refractivity contribution in [2.45, 2.75) is 45.2 Å². The van der Waals surface area contributed by atoms with Gasteiger partial charge in [0.05, 0.1) is 19.1 Å². The predicted octanol–water partition coefficient (Wildman–Crippen LogP) is 1.63. The van der Waals surface area contributed by atoms with Gasteiger partial charge in [-0.25, -0.2) is 14.4 Å². The van der Waals surface area contributed by atoms with Gasteiger partial charge in [0.1, 0.15) is 24.0 Å². The van der Waals surface area contributed by atoms with Crippen molar-refractivity contribution in [2.24, 2.45) is 11.8 Å². The molecule has 1 N–H and O–H groups in total. The summed E-state index contributed by atoms with van der Waals surface area (Å²) in [6, 6.07) is 0. The molecule has 0 aromatic carbocycles. The zero-order chi connectivity index (χ0) is 26.5.